The molecule has 2 nitrogen and oxygen atoms in total. The van der Waals surface area contributed by atoms with Gasteiger partial charge in [-0.05, 0) is 68.6 Å². The van der Waals surface area contributed by atoms with Gasteiger partial charge in [-0.3, -0.25) is 4.79 Å². The van der Waals surface area contributed by atoms with Crippen molar-refractivity contribution in [2.45, 2.75) is 91.6 Å². The van der Waals surface area contributed by atoms with Crippen molar-refractivity contribution in [2.24, 2.45) is 29.1 Å². The number of fused-ring (bicyclic) bond motifs is 4. The summed E-state index contributed by atoms with van der Waals surface area (Å²) in [5.74, 6) is 5.38. The van der Waals surface area contributed by atoms with Crippen LogP contribution in [0.3, 0.4) is 0 Å². The Morgan fingerprint density at radius 3 is 2.64 bits per heavy atom. The van der Waals surface area contributed by atoms with E-state index in [0.29, 0.717) is 35.9 Å². The van der Waals surface area contributed by atoms with Crippen LogP contribution in [0.2, 0.25) is 0 Å². The highest BCUT2D eigenvalue weighted by Crippen LogP contribution is 2.66. The number of hydrogen-bond donors (Lipinski definition) is 1. The number of ketones is 1. The number of hydrogen-bond acceptors (Lipinski definition) is 2. The third kappa shape index (κ3) is 3.30. The maximum Gasteiger partial charge on any atom is 0.137 e. The van der Waals surface area contributed by atoms with Gasteiger partial charge >= 0.3 is 0 Å². The van der Waals surface area contributed by atoms with Crippen LogP contribution < -0.4 is 0 Å². The smallest absolute Gasteiger partial charge is 0.137 e. The summed E-state index contributed by atoms with van der Waals surface area (Å²) in [5, 5.41) is 11.2. The Balaban J connectivity index is 0.000000906. The summed E-state index contributed by atoms with van der Waals surface area (Å²) in [4.78, 5) is 11.9. The van der Waals surface area contributed by atoms with Gasteiger partial charge in [0, 0.05) is 18.3 Å². The largest absolute Gasteiger partial charge is 0.377 e. The molecular formula is C26H40O2. The van der Waals surface area contributed by atoms with Gasteiger partial charge in [-0.1, -0.05) is 51.3 Å². The molecule has 6 atom stereocenters. The molecule has 0 aromatic rings. The fourth-order valence-electron chi connectivity index (χ4n) is 7.04. The summed E-state index contributed by atoms with van der Waals surface area (Å²) >= 11 is 0. The minimum Gasteiger partial charge on any atom is -0.377 e. The van der Waals surface area contributed by atoms with Crippen molar-refractivity contribution in [3.05, 3.63) is 23.8 Å². The summed E-state index contributed by atoms with van der Waals surface area (Å²) in [5.41, 5.74) is 1.90. The topological polar surface area (TPSA) is 37.3 Å². The van der Waals surface area contributed by atoms with E-state index in [1.54, 1.807) is 5.57 Å². The zero-order valence-electron chi connectivity index (χ0n) is 17.4. The number of Topliss-reactive ketones (excluding diaryl/α,β-unsaturated/α-hetero) is 1. The van der Waals surface area contributed by atoms with Crippen molar-refractivity contribution in [2.75, 3.05) is 0 Å². The van der Waals surface area contributed by atoms with Crippen molar-refractivity contribution < 1.29 is 9.90 Å². The molecule has 0 spiro atoms. The number of carbonyl (C=O) groups excluding carboxylic acids is 1. The molecule has 0 amide bonds. The number of aliphatic hydroxyl groups is 1. The normalized spacial score (nSPS) is 41.3. The summed E-state index contributed by atoms with van der Waals surface area (Å²) in [6.45, 7) is 10.2. The Kier molecular flexibility index (Phi) is 7.03. The van der Waals surface area contributed by atoms with Crippen LogP contribution in [0.15, 0.2) is 23.8 Å². The van der Waals surface area contributed by atoms with E-state index in [1.165, 1.54) is 5.57 Å². The highest BCUT2D eigenvalue weighted by molar-refractivity contribution is 5.82. The molecule has 4 aliphatic rings. The van der Waals surface area contributed by atoms with E-state index in [-0.39, 0.29) is 12.8 Å². The first-order valence-corrected chi connectivity index (χ1v) is 11.0. The quantitative estimate of drug-likeness (QED) is 0.461. The Labute approximate surface area is 172 Å². The lowest BCUT2D eigenvalue weighted by atomic mass is 9.49. The number of rotatable bonds is 2. The molecule has 28 heavy (non-hydrogen) atoms. The second-order valence-corrected chi connectivity index (χ2v) is 9.13. The van der Waals surface area contributed by atoms with Crippen molar-refractivity contribution >= 4 is 5.78 Å². The summed E-state index contributed by atoms with van der Waals surface area (Å²) in [7, 11) is 0. The van der Waals surface area contributed by atoms with Crippen LogP contribution in [0.5, 0.6) is 0 Å². The van der Waals surface area contributed by atoms with Crippen LogP contribution in [0.1, 0.15) is 86.0 Å². The predicted octanol–water partition coefficient (Wildman–Crippen LogP) is 6.10. The van der Waals surface area contributed by atoms with Crippen LogP contribution in [-0.4, -0.2) is 16.5 Å². The maximum absolute atomic E-state index is 11.9. The molecular weight excluding hydrogens is 344 g/mol. The van der Waals surface area contributed by atoms with Crippen LogP contribution in [0.4, 0.5) is 0 Å². The molecule has 0 aromatic carbocycles. The van der Waals surface area contributed by atoms with Crippen molar-refractivity contribution in [1.82, 2.24) is 0 Å². The molecule has 0 radical (unpaired) electrons. The van der Waals surface area contributed by atoms with Gasteiger partial charge in [0.2, 0.25) is 0 Å². The standard InChI is InChI=1S/C23H30O2.C2H6.CH4/c1-4-6-16-14-22(3)20(11-12-23(22,25)5-2)19-9-7-15-13-17(24)8-10-18(15)21(16)19;1-2;/h2,4,16,19-21,25H,1,6-14H2,3H3;1-2H3;1H4. The third-order valence-electron chi connectivity index (χ3n) is 8.18. The van der Waals surface area contributed by atoms with Crippen molar-refractivity contribution in [3.63, 3.8) is 0 Å². The number of terminal acetylenes is 1. The first-order chi connectivity index (χ1) is 12.9. The van der Waals surface area contributed by atoms with Gasteiger partial charge in [0.1, 0.15) is 11.4 Å². The number of allylic oxidation sites excluding steroid dienone is 3. The van der Waals surface area contributed by atoms with Crippen molar-refractivity contribution in [3.8, 4) is 12.3 Å². The molecule has 0 aliphatic heterocycles. The van der Waals surface area contributed by atoms with E-state index < -0.39 is 5.60 Å². The second kappa shape index (κ2) is 8.58. The monoisotopic (exact) mass is 384 g/mol. The molecule has 2 saturated carbocycles. The van der Waals surface area contributed by atoms with Crippen molar-refractivity contribution in [1.29, 1.82) is 0 Å². The third-order valence-corrected chi connectivity index (χ3v) is 8.18. The Hall–Kier alpha value is -1.33. The molecule has 0 heterocycles. The zero-order chi connectivity index (χ0) is 19.8. The van der Waals surface area contributed by atoms with Gasteiger partial charge < -0.3 is 5.11 Å². The Bertz CT molecular complexity index is 681. The highest BCUT2D eigenvalue weighted by atomic mass is 16.3. The van der Waals surface area contributed by atoms with Crippen LogP contribution >= 0.6 is 0 Å². The van der Waals surface area contributed by atoms with E-state index in [0.717, 1.165) is 51.4 Å². The zero-order valence-corrected chi connectivity index (χ0v) is 17.4. The average molecular weight is 385 g/mol. The molecule has 1 N–H and O–H groups in total. The molecule has 0 saturated heterocycles. The lowest BCUT2D eigenvalue weighted by Crippen LogP contribution is -2.53. The molecule has 0 bridgehead atoms. The SMILES string of the molecule is C.C#CC1(O)CCC2C3CCC4=C(CCC(=O)C4)C3C(CC=C)CC21C.CC. The van der Waals surface area contributed by atoms with Gasteiger partial charge in [-0.25, -0.2) is 0 Å². The first-order valence-electron chi connectivity index (χ1n) is 11.0. The van der Waals surface area contributed by atoms with Crippen LogP contribution in [-0.2, 0) is 4.79 Å². The summed E-state index contributed by atoms with van der Waals surface area (Å²) < 4.78 is 0. The molecule has 6 unspecified atom stereocenters. The lowest BCUT2D eigenvalue weighted by molar-refractivity contribution is -0.119. The first kappa shape index (κ1) is 23.0. The van der Waals surface area contributed by atoms with Gasteiger partial charge in [-0.15, -0.1) is 13.0 Å². The van der Waals surface area contributed by atoms with E-state index in [2.05, 4.69) is 19.4 Å². The molecule has 2 heteroatoms. The molecule has 0 aromatic heterocycles. The molecule has 2 fully saturated rings. The van der Waals surface area contributed by atoms with E-state index in [9.17, 15) is 9.90 Å². The van der Waals surface area contributed by atoms with Gasteiger partial charge in [0.15, 0.2) is 0 Å². The predicted molar refractivity (Wildman–Crippen MR) is 118 cm³/mol. The minimum absolute atomic E-state index is 0. The van der Waals surface area contributed by atoms with Crippen LogP contribution in [0, 0.1) is 41.4 Å². The van der Waals surface area contributed by atoms with Gasteiger partial charge in [-0.2, -0.15) is 0 Å². The van der Waals surface area contributed by atoms with E-state index in [1.807, 2.05) is 19.9 Å². The minimum atomic E-state index is -0.959. The maximum atomic E-state index is 11.9. The fourth-order valence-corrected chi connectivity index (χ4v) is 7.04. The fraction of sp³-hybridized carbons (Fsp3) is 0.731. The van der Waals surface area contributed by atoms with Crippen LogP contribution in [0.25, 0.3) is 0 Å². The summed E-state index contributed by atoms with van der Waals surface area (Å²) in [6, 6.07) is 0. The Morgan fingerprint density at radius 2 is 2.00 bits per heavy atom. The number of carbonyl (C=O) groups is 1. The molecule has 4 aliphatic carbocycles. The van der Waals surface area contributed by atoms with E-state index in [4.69, 9.17) is 6.42 Å². The summed E-state index contributed by atoms with van der Waals surface area (Å²) in [6.07, 6.45) is 16.2. The van der Waals surface area contributed by atoms with E-state index >= 15 is 0 Å². The van der Waals surface area contributed by atoms with Gasteiger partial charge in [0.05, 0.1) is 0 Å². The molecule has 4 rings (SSSR count). The Morgan fingerprint density at radius 1 is 1.29 bits per heavy atom. The second-order valence-electron chi connectivity index (χ2n) is 9.13. The lowest BCUT2D eigenvalue weighted by Gasteiger charge is -2.56. The van der Waals surface area contributed by atoms with Gasteiger partial charge in [0.25, 0.3) is 0 Å². The average Bonchev–Trinajstić information content (AvgIpc) is 2.94. The molecule has 156 valence electrons. The highest BCUT2D eigenvalue weighted by Gasteiger charge is 2.63.